The van der Waals surface area contributed by atoms with Crippen LogP contribution in [0.2, 0.25) is 0 Å². The highest BCUT2D eigenvalue weighted by Crippen LogP contribution is 2.22. The van der Waals surface area contributed by atoms with E-state index in [1.165, 1.54) is 0 Å². The summed E-state index contributed by atoms with van der Waals surface area (Å²) in [6.45, 7) is 3.22. The van der Waals surface area contributed by atoms with Crippen molar-refractivity contribution in [3.63, 3.8) is 0 Å². The van der Waals surface area contributed by atoms with E-state index in [2.05, 4.69) is 0 Å². The van der Waals surface area contributed by atoms with Gasteiger partial charge in [0.15, 0.2) is 6.29 Å². The molecule has 0 aromatic heterocycles. The molecular weight excluding hydrogens is 274 g/mol. The van der Waals surface area contributed by atoms with Crippen LogP contribution in [0, 0.1) is 0 Å². The Hall–Kier alpha value is -1.92. The summed E-state index contributed by atoms with van der Waals surface area (Å²) in [5, 5.41) is 9.14. The van der Waals surface area contributed by atoms with Gasteiger partial charge in [0.1, 0.15) is 5.75 Å². The van der Waals surface area contributed by atoms with Crippen LogP contribution < -0.4 is 4.74 Å². The maximum Gasteiger partial charge on any atom is 0.254 e. The van der Waals surface area contributed by atoms with Gasteiger partial charge in [0.05, 0.1) is 37.1 Å². The Balaban J connectivity index is 2.26. The summed E-state index contributed by atoms with van der Waals surface area (Å²) in [6.07, 6.45) is 0.264. The van der Waals surface area contributed by atoms with Crippen molar-refractivity contribution >= 4 is 12.2 Å². The van der Waals surface area contributed by atoms with E-state index in [0.29, 0.717) is 43.9 Å². The molecule has 0 spiro atoms. The van der Waals surface area contributed by atoms with E-state index in [0.717, 1.165) is 0 Å². The summed E-state index contributed by atoms with van der Waals surface area (Å²) in [6, 6.07) is 4.97. The van der Waals surface area contributed by atoms with Gasteiger partial charge >= 0.3 is 0 Å². The van der Waals surface area contributed by atoms with Crippen molar-refractivity contribution in [1.82, 2.24) is 4.90 Å². The van der Waals surface area contributed by atoms with Crippen molar-refractivity contribution in [3.05, 3.63) is 29.3 Å². The monoisotopic (exact) mass is 293 g/mol. The van der Waals surface area contributed by atoms with Gasteiger partial charge in [-0.3, -0.25) is 9.59 Å². The predicted octanol–water partition coefficient (Wildman–Crippen LogP) is 0.731. The molecule has 0 aliphatic carbocycles. The molecule has 6 heteroatoms. The highest BCUT2D eigenvalue weighted by molar-refractivity contribution is 6.02. The maximum absolute atomic E-state index is 12.6. The number of aliphatic hydroxyl groups excluding tert-OH is 1. The van der Waals surface area contributed by atoms with Crippen LogP contribution in [0.4, 0.5) is 0 Å². The van der Waals surface area contributed by atoms with Crippen molar-refractivity contribution in [1.29, 1.82) is 0 Å². The minimum atomic E-state index is -0.377. The smallest absolute Gasteiger partial charge is 0.254 e. The third-order valence-corrected chi connectivity index (χ3v) is 3.34. The zero-order valence-electron chi connectivity index (χ0n) is 11.9. The largest absolute Gasteiger partial charge is 0.493 e. The Morgan fingerprint density at radius 3 is 3.05 bits per heavy atom. The molecule has 6 nitrogen and oxygen atoms in total. The lowest BCUT2D eigenvalue weighted by Crippen LogP contribution is -2.47. The Morgan fingerprint density at radius 2 is 2.38 bits per heavy atom. The van der Waals surface area contributed by atoms with E-state index in [9.17, 15) is 9.59 Å². The summed E-state index contributed by atoms with van der Waals surface area (Å²) in [4.78, 5) is 25.5. The molecule has 1 atom stereocenters. The van der Waals surface area contributed by atoms with Crippen LogP contribution in [0.3, 0.4) is 0 Å². The minimum absolute atomic E-state index is 0.136. The van der Waals surface area contributed by atoms with Crippen LogP contribution in [0.1, 0.15) is 27.6 Å². The number of rotatable bonds is 5. The van der Waals surface area contributed by atoms with E-state index in [-0.39, 0.29) is 24.2 Å². The van der Waals surface area contributed by atoms with Gasteiger partial charge in [-0.2, -0.15) is 0 Å². The Morgan fingerprint density at radius 1 is 1.57 bits per heavy atom. The first-order chi connectivity index (χ1) is 10.2. The molecular formula is C15H19NO5. The SMILES string of the molecule is CCOc1cccc(C(=O)N2CCO[C@@H](CO)C2)c1C=O. The fourth-order valence-electron chi connectivity index (χ4n) is 2.32. The van der Waals surface area contributed by atoms with E-state index in [1.807, 2.05) is 6.92 Å². The number of aliphatic hydroxyl groups is 1. The molecule has 21 heavy (non-hydrogen) atoms. The number of carbonyl (C=O) groups excluding carboxylic acids is 2. The number of amides is 1. The number of hydrogen-bond donors (Lipinski definition) is 1. The zero-order valence-corrected chi connectivity index (χ0v) is 11.9. The molecule has 1 aromatic rings. The van der Waals surface area contributed by atoms with Crippen LogP contribution in [-0.2, 0) is 4.74 Å². The molecule has 1 aliphatic heterocycles. The van der Waals surface area contributed by atoms with E-state index >= 15 is 0 Å². The van der Waals surface area contributed by atoms with Crippen molar-refractivity contribution in [2.24, 2.45) is 0 Å². The molecule has 0 bridgehead atoms. The highest BCUT2D eigenvalue weighted by atomic mass is 16.5. The first-order valence-electron chi connectivity index (χ1n) is 6.94. The van der Waals surface area contributed by atoms with Crippen LogP contribution >= 0.6 is 0 Å². The van der Waals surface area contributed by atoms with Gasteiger partial charge in [-0.1, -0.05) is 6.07 Å². The average Bonchev–Trinajstić information content (AvgIpc) is 2.54. The number of aldehydes is 1. The van der Waals surface area contributed by atoms with E-state index in [1.54, 1.807) is 23.1 Å². The molecule has 0 unspecified atom stereocenters. The summed E-state index contributed by atoms with van der Waals surface area (Å²) in [5.74, 6) is 0.158. The first-order valence-corrected chi connectivity index (χ1v) is 6.94. The van der Waals surface area contributed by atoms with Crippen LogP contribution in [0.25, 0.3) is 0 Å². The fourth-order valence-corrected chi connectivity index (χ4v) is 2.32. The number of carbonyl (C=O) groups is 2. The van der Waals surface area contributed by atoms with Crippen molar-refractivity contribution in [3.8, 4) is 5.75 Å². The Kier molecular flexibility index (Phi) is 5.30. The summed E-state index contributed by atoms with van der Waals surface area (Å²) in [7, 11) is 0. The van der Waals surface area contributed by atoms with Crippen LogP contribution in [0.5, 0.6) is 5.75 Å². The normalized spacial score (nSPS) is 18.4. The van der Waals surface area contributed by atoms with Gasteiger partial charge in [0.2, 0.25) is 0 Å². The second-order valence-corrected chi connectivity index (χ2v) is 4.69. The quantitative estimate of drug-likeness (QED) is 0.810. The summed E-state index contributed by atoms with van der Waals surface area (Å²) < 4.78 is 10.7. The third kappa shape index (κ3) is 3.40. The molecule has 1 heterocycles. The second-order valence-electron chi connectivity index (χ2n) is 4.69. The number of nitrogens with zero attached hydrogens (tertiary/aromatic N) is 1. The molecule has 2 rings (SSSR count). The van der Waals surface area contributed by atoms with Gasteiger partial charge in [-0.25, -0.2) is 0 Å². The van der Waals surface area contributed by atoms with Gasteiger partial charge in [0.25, 0.3) is 5.91 Å². The second kappa shape index (κ2) is 7.19. The molecule has 1 aromatic carbocycles. The maximum atomic E-state index is 12.6. The molecule has 1 amide bonds. The molecule has 0 radical (unpaired) electrons. The van der Waals surface area contributed by atoms with Gasteiger partial charge in [0, 0.05) is 13.1 Å². The lowest BCUT2D eigenvalue weighted by Gasteiger charge is -2.32. The van der Waals surface area contributed by atoms with Crippen LogP contribution in [-0.4, -0.2) is 61.2 Å². The Bertz CT molecular complexity index is 517. The third-order valence-electron chi connectivity index (χ3n) is 3.34. The van der Waals surface area contributed by atoms with Gasteiger partial charge in [-0.05, 0) is 19.1 Å². The fraction of sp³-hybridized carbons (Fsp3) is 0.467. The van der Waals surface area contributed by atoms with Gasteiger partial charge < -0.3 is 19.5 Å². The highest BCUT2D eigenvalue weighted by Gasteiger charge is 2.26. The number of hydrogen-bond acceptors (Lipinski definition) is 5. The van der Waals surface area contributed by atoms with Crippen molar-refractivity contribution in [2.45, 2.75) is 13.0 Å². The van der Waals surface area contributed by atoms with E-state index in [4.69, 9.17) is 14.6 Å². The first kappa shape index (κ1) is 15.5. The summed E-state index contributed by atoms with van der Waals surface area (Å²) in [5.41, 5.74) is 0.575. The molecule has 0 saturated carbocycles. The van der Waals surface area contributed by atoms with E-state index < -0.39 is 0 Å². The standard InChI is InChI=1S/C15H19NO5/c1-2-20-14-5-3-4-12(13(14)10-18)15(19)16-6-7-21-11(8-16)9-17/h3-5,10-11,17H,2,6-9H2,1H3/t11-/m1/s1. The lowest BCUT2D eigenvalue weighted by atomic mass is 10.1. The van der Waals surface area contributed by atoms with Crippen molar-refractivity contribution < 1.29 is 24.2 Å². The zero-order chi connectivity index (χ0) is 15.2. The Labute approximate surface area is 123 Å². The van der Waals surface area contributed by atoms with Crippen molar-refractivity contribution in [2.75, 3.05) is 32.9 Å². The molecule has 114 valence electrons. The number of ether oxygens (including phenoxy) is 2. The topological polar surface area (TPSA) is 76.1 Å². The summed E-state index contributed by atoms with van der Waals surface area (Å²) >= 11 is 0. The molecule has 1 N–H and O–H groups in total. The molecule has 1 aliphatic rings. The van der Waals surface area contributed by atoms with Crippen LogP contribution in [0.15, 0.2) is 18.2 Å². The average molecular weight is 293 g/mol. The molecule has 1 saturated heterocycles. The van der Waals surface area contributed by atoms with Gasteiger partial charge in [-0.15, -0.1) is 0 Å². The number of benzene rings is 1. The molecule has 1 fully saturated rings. The lowest BCUT2D eigenvalue weighted by molar-refractivity contribution is -0.0447. The minimum Gasteiger partial charge on any atom is -0.493 e. The number of morpholine rings is 1. The predicted molar refractivity (Wildman–Crippen MR) is 75.7 cm³/mol.